The third kappa shape index (κ3) is 7.05. The molecule has 1 saturated carbocycles. The molecular formula is C29H32N4O4S. The number of nitrogens with one attached hydrogen (secondary N) is 1. The highest BCUT2D eigenvalue weighted by Crippen LogP contribution is 2.29. The molecule has 4 rings (SSSR count). The number of urea groups is 1. The van der Waals surface area contributed by atoms with E-state index in [0.717, 1.165) is 23.3 Å². The second-order valence-electron chi connectivity index (χ2n) is 9.25. The number of nitriles is 1. The number of ether oxygens (including phenoxy) is 2. The largest absolute Gasteiger partial charge is 0.493 e. The normalized spacial score (nSPS) is 12.4. The van der Waals surface area contributed by atoms with Crippen LogP contribution in [0.2, 0.25) is 0 Å². The molecule has 1 heterocycles. The van der Waals surface area contributed by atoms with Crippen molar-refractivity contribution in [2.75, 3.05) is 32.6 Å². The van der Waals surface area contributed by atoms with Crippen molar-refractivity contribution in [3.8, 4) is 17.6 Å². The number of carbonyl (C=O) groups excluding carboxylic acids is 2. The minimum absolute atomic E-state index is 0.00305. The molecule has 2 aromatic carbocycles. The van der Waals surface area contributed by atoms with Crippen LogP contribution in [0.3, 0.4) is 0 Å². The Morgan fingerprint density at radius 1 is 1.05 bits per heavy atom. The van der Waals surface area contributed by atoms with Crippen LogP contribution in [-0.2, 0) is 17.8 Å². The van der Waals surface area contributed by atoms with Gasteiger partial charge in [-0.1, -0.05) is 6.07 Å². The maximum Gasteiger partial charge on any atom is 0.322 e. The van der Waals surface area contributed by atoms with Crippen LogP contribution in [-0.4, -0.2) is 55.1 Å². The van der Waals surface area contributed by atoms with Crippen LogP contribution >= 0.6 is 11.3 Å². The number of anilines is 1. The van der Waals surface area contributed by atoms with Gasteiger partial charge in [-0.25, -0.2) is 4.79 Å². The first kappa shape index (κ1) is 27.0. The molecule has 0 aliphatic heterocycles. The SMILES string of the molecule is COc1ccc(CCN(Cc2ccc(C)s2)C(=O)CN(C(=O)Nc2ccc(C#N)cc2)C2CC2)cc1OC. The molecule has 3 aromatic rings. The molecule has 38 heavy (non-hydrogen) atoms. The van der Waals surface area contributed by atoms with E-state index in [-0.39, 0.29) is 24.5 Å². The number of hydrogen-bond donors (Lipinski definition) is 1. The second-order valence-corrected chi connectivity index (χ2v) is 10.6. The van der Waals surface area contributed by atoms with E-state index < -0.39 is 0 Å². The molecular weight excluding hydrogens is 500 g/mol. The topological polar surface area (TPSA) is 94.9 Å². The van der Waals surface area contributed by atoms with Crippen LogP contribution < -0.4 is 14.8 Å². The van der Waals surface area contributed by atoms with Crippen LogP contribution in [0.5, 0.6) is 11.5 Å². The highest BCUT2D eigenvalue weighted by molar-refractivity contribution is 7.11. The summed E-state index contributed by atoms with van der Waals surface area (Å²) in [6.07, 6.45) is 2.39. The van der Waals surface area contributed by atoms with Gasteiger partial charge < -0.3 is 24.6 Å². The predicted octanol–water partition coefficient (Wildman–Crippen LogP) is 5.21. The lowest BCUT2D eigenvalue weighted by atomic mass is 10.1. The van der Waals surface area contributed by atoms with Crippen LogP contribution in [0, 0.1) is 18.3 Å². The third-order valence-electron chi connectivity index (χ3n) is 6.43. The van der Waals surface area contributed by atoms with Crippen molar-refractivity contribution < 1.29 is 19.1 Å². The second kappa shape index (κ2) is 12.5. The van der Waals surface area contributed by atoms with E-state index in [9.17, 15) is 9.59 Å². The molecule has 0 spiro atoms. The van der Waals surface area contributed by atoms with Crippen LogP contribution in [0.4, 0.5) is 10.5 Å². The lowest BCUT2D eigenvalue weighted by Crippen LogP contribution is -2.45. The van der Waals surface area contributed by atoms with Gasteiger partial charge in [-0.15, -0.1) is 11.3 Å². The Morgan fingerprint density at radius 2 is 1.79 bits per heavy atom. The molecule has 1 N–H and O–H groups in total. The van der Waals surface area contributed by atoms with E-state index in [1.165, 1.54) is 4.88 Å². The molecule has 8 nitrogen and oxygen atoms in total. The van der Waals surface area contributed by atoms with Gasteiger partial charge in [-0.05, 0) is 80.3 Å². The molecule has 0 unspecified atom stereocenters. The van der Waals surface area contributed by atoms with E-state index in [0.29, 0.717) is 42.3 Å². The number of hydrogen-bond acceptors (Lipinski definition) is 6. The van der Waals surface area contributed by atoms with E-state index in [2.05, 4.69) is 17.5 Å². The Balaban J connectivity index is 1.46. The minimum atomic E-state index is -0.308. The Labute approximate surface area is 227 Å². The molecule has 1 fully saturated rings. The molecule has 0 bridgehead atoms. The third-order valence-corrected chi connectivity index (χ3v) is 7.42. The first-order valence-corrected chi connectivity index (χ1v) is 13.3. The van der Waals surface area contributed by atoms with E-state index in [1.54, 1.807) is 54.7 Å². The highest BCUT2D eigenvalue weighted by atomic mass is 32.1. The standard InChI is InChI=1S/C29H32N4O4S/c1-20-4-12-25(38-20)18-32(15-14-21-7-13-26(36-2)27(16-21)37-3)28(34)19-33(24-10-11-24)29(35)31-23-8-5-22(17-30)6-9-23/h4-9,12-13,16,24H,10-11,14-15,18-19H2,1-3H3,(H,31,35). The van der Waals surface area contributed by atoms with Crippen molar-refractivity contribution in [2.45, 2.75) is 38.8 Å². The summed E-state index contributed by atoms with van der Waals surface area (Å²) in [6, 6.07) is 18.4. The van der Waals surface area contributed by atoms with Gasteiger partial charge in [0.15, 0.2) is 11.5 Å². The van der Waals surface area contributed by atoms with Gasteiger partial charge in [-0.2, -0.15) is 5.26 Å². The van der Waals surface area contributed by atoms with Crippen LogP contribution in [0.15, 0.2) is 54.6 Å². The van der Waals surface area contributed by atoms with Crippen LogP contribution in [0.25, 0.3) is 0 Å². The Hall–Kier alpha value is -4.03. The quantitative estimate of drug-likeness (QED) is 0.366. The predicted molar refractivity (Wildman–Crippen MR) is 148 cm³/mol. The minimum Gasteiger partial charge on any atom is -0.493 e. The average Bonchev–Trinajstić information content (AvgIpc) is 3.69. The molecule has 0 radical (unpaired) electrons. The summed E-state index contributed by atoms with van der Waals surface area (Å²) in [5, 5.41) is 11.9. The van der Waals surface area contributed by atoms with Gasteiger partial charge >= 0.3 is 6.03 Å². The lowest BCUT2D eigenvalue weighted by Gasteiger charge is -2.28. The molecule has 3 amide bonds. The van der Waals surface area contributed by atoms with Crippen molar-refractivity contribution in [1.29, 1.82) is 5.26 Å². The van der Waals surface area contributed by atoms with E-state index in [4.69, 9.17) is 14.7 Å². The Kier molecular flexibility index (Phi) is 8.87. The fraction of sp³-hybridized carbons (Fsp3) is 0.345. The number of rotatable bonds is 11. The van der Waals surface area contributed by atoms with Gasteiger partial charge in [0.25, 0.3) is 0 Å². The summed E-state index contributed by atoms with van der Waals surface area (Å²) in [7, 11) is 3.20. The first-order chi connectivity index (χ1) is 18.4. The average molecular weight is 533 g/mol. The van der Waals surface area contributed by atoms with E-state index in [1.807, 2.05) is 36.1 Å². The summed E-state index contributed by atoms with van der Waals surface area (Å²) in [4.78, 5) is 32.5. The molecule has 0 atom stereocenters. The Morgan fingerprint density at radius 3 is 2.39 bits per heavy atom. The van der Waals surface area contributed by atoms with Gasteiger partial charge in [0.1, 0.15) is 6.54 Å². The summed E-state index contributed by atoms with van der Waals surface area (Å²) in [5.41, 5.74) is 2.14. The van der Waals surface area contributed by atoms with Crippen molar-refractivity contribution in [2.24, 2.45) is 0 Å². The lowest BCUT2D eigenvalue weighted by molar-refractivity contribution is -0.132. The van der Waals surface area contributed by atoms with Gasteiger partial charge in [0.05, 0.1) is 32.4 Å². The molecule has 1 aromatic heterocycles. The zero-order valence-corrected chi connectivity index (χ0v) is 22.7. The fourth-order valence-electron chi connectivity index (χ4n) is 4.17. The van der Waals surface area contributed by atoms with Crippen molar-refractivity contribution in [1.82, 2.24) is 9.80 Å². The van der Waals surface area contributed by atoms with Gasteiger partial charge in [0, 0.05) is 28.0 Å². The number of benzene rings is 2. The maximum absolute atomic E-state index is 13.6. The number of nitrogens with zero attached hydrogens (tertiary/aromatic N) is 3. The fourth-order valence-corrected chi connectivity index (χ4v) is 5.08. The molecule has 1 aliphatic carbocycles. The zero-order valence-electron chi connectivity index (χ0n) is 21.9. The number of aryl methyl sites for hydroxylation is 1. The first-order valence-electron chi connectivity index (χ1n) is 12.5. The molecule has 0 saturated heterocycles. The van der Waals surface area contributed by atoms with Crippen LogP contribution in [0.1, 0.15) is 33.7 Å². The monoisotopic (exact) mass is 532 g/mol. The molecule has 9 heteroatoms. The number of amides is 3. The summed E-state index contributed by atoms with van der Waals surface area (Å²) < 4.78 is 10.8. The number of carbonyl (C=O) groups is 2. The van der Waals surface area contributed by atoms with Gasteiger partial charge in [-0.3, -0.25) is 4.79 Å². The van der Waals surface area contributed by atoms with Crippen molar-refractivity contribution in [3.63, 3.8) is 0 Å². The van der Waals surface area contributed by atoms with Crippen molar-refractivity contribution in [3.05, 3.63) is 75.5 Å². The maximum atomic E-state index is 13.6. The summed E-state index contributed by atoms with van der Waals surface area (Å²) >= 11 is 1.67. The summed E-state index contributed by atoms with van der Waals surface area (Å²) in [6.45, 7) is 3.04. The summed E-state index contributed by atoms with van der Waals surface area (Å²) in [5.74, 6) is 1.21. The number of thiophene rings is 1. The van der Waals surface area contributed by atoms with E-state index >= 15 is 0 Å². The Bertz CT molecular complexity index is 1310. The molecule has 1 aliphatic rings. The highest BCUT2D eigenvalue weighted by Gasteiger charge is 2.35. The van der Waals surface area contributed by atoms with Gasteiger partial charge in [0.2, 0.25) is 5.91 Å². The van der Waals surface area contributed by atoms with Crippen molar-refractivity contribution >= 4 is 29.0 Å². The zero-order chi connectivity index (χ0) is 27.1. The molecule has 198 valence electrons. The number of methoxy groups -OCH3 is 2. The smallest absolute Gasteiger partial charge is 0.322 e.